The van der Waals surface area contributed by atoms with Crippen molar-refractivity contribution in [1.82, 2.24) is 15.5 Å². The quantitative estimate of drug-likeness (QED) is 0.664. The SMILES string of the molecule is CCC(C)C(NC(=O)CC(C)C)C(=O)Nc1nnc(-c2cccc(OC)c2)s1. The normalized spacial score (nSPS) is 13.1. The fraction of sp³-hybridized carbons (Fsp3) is 0.500. The fourth-order valence-electron chi connectivity index (χ4n) is 2.63. The number of rotatable bonds is 9. The molecule has 28 heavy (non-hydrogen) atoms. The number of hydrogen-bond acceptors (Lipinski definition) is 6. The summed E-state index contributed by atoms with van der Waals surface area (Å²) in [5.41, 5.74) is 0.862. The van der Waals surface area contributed by atoms with Crippen molar-refractivity contribution in [1.29, 1.82) is 0 Å². The third-order valence-corrected chi connectivity index (χ3v) is 5.27. The third-order valence-electron chi connectivity index (χ3n) is 4.38. The molecule has 8 heteroatoms. The first-order valence-corrected chi connectivity index (χ1v) is 10.2. The van der Waals surface area contributed by atoms with Crippen molar-refractivity contribution >= 4 is 28.3 Å². The van der Waals surface area contributed by atoms with Crippen molar-refractivity contribution in [2.75, 3.05) is 12.4 Å². The number of anilines is 1. The highest BCUT2D eigenvalue weighted by Gasteiger charge is 2.27. The lowest BCUT2D eigenvalue weighted by Crippen LogP contribution is -2.47. The highest BCUT2D eigenvalue weighted by atomic mass is 32.1. The Kier molecular flexibility index (Phi) is 7.92. The summed E-state index contributed by atoms with van der Waals surface area (Å²) in [5, 5.41) is 14.9. The van der Waals surface area contributed by atoms with Crippen LogP contribution in [0.5, 0.6) is 5.75 Å². The zero-order chi connectivity index (χ0) is 20.7. The minimum Gasteiger partial charge on any atom is -0.497 e. The first kappa shape index (κ1) is 21.8. The molecule has 0 saturated carbocycles. The number of nitrogens with one attached hydrogen (secondary N) is 2. The van der Waals surface area contributed by atoms with Crippen LogP contribution in [0.1, 0.15) is 40.5 Å². The molecule has 2 atom stereocenters. The van der Waals surface area contributed by atoms with Crippen LogP contribution < -0.4 is 15.4 Å². The summed E-state index contributed by atoms with van der Waals surface area (Å²) in [6.45, 7) is 7.88. The standard InChI is InChI=1S/C20H28N4O3S/c1-6-13(4)17(21-16(25)10-12(2)3)18(26)22-20-24-23-19(28-20)14-8-7-9-15(11-14)27-5/h7-9,11-13,17H,6,10H2,1-5H3,(H,21,25)(H,22,24,26). The van der Waals surface area contributed by atoms with Gasteiger partial charge in [-0.05, 0) is 24.0 Å². The van der Waals surface area contributed by atoms with E-state index in [0.717, 1.165) is 17.7 Å². The smallest absolute Gasteiger partial charge is 0.249 e. The molecule has 0 bridgehead atoms. The summed E-state index contributed by atoms with van der Waals surface area (Å²) < 4.78 is 5.23. The predicted octanol–water partition coefficient (Wildman–Crippen LogP) is 3.73. The maximum absolute atomic E-state index is 12.8. The second-order valence-corrected chi connectivity index (χ2v) is 8.14. The van der Waals surface area contributed by atoms with Crippen LogP contribution in [0, 0.1) is 11.8 Å². The van der Waals surface area contributed by atoms with E-state index in [2.05, 4.69) is 20.8 Å². The zero-order valence-corrected chi connectivity index (χ0v) is 17.8. The van der Waals surface area contributed by atoms with Crippen molar-refractivity contribution < 1.29 is 14.3 Å². The lowest BCUT2D eigenvalue weighted by Gasteiger charge is -2.23. The molecule has 1 aromatic carbocycles. The molecular formula is C20H28N4O3S. The Labute approximate surface area is 169 Å². The first-order chi connectivity index (χ1) is 13.3. The highest BCUT2D eigenvalue weighted by molar-refractivity contribution is 7.18. The van der Waals surface area contributed by atoms with E-state index < -0.39 is 6.04 Å². The van der Waals surface area contributed by atoms with Gasteiger partial charge in [0.25, 0.3) is 0 Å². The van der Waals surface area contributed by atoms with Gasteiger partial charge in [-0.15, -0.1) is 10.2 Å². The topological polar surface area (TPSA) is 93.2 Å². The molecular weight excluding hydrogens is 376 g/mol. The number of amides is 2. The Morgan fingerprint density at radius 2 is 1.96 bits per heavy atom. The Bertz CT molecular complexity index is 806. The van der Waals surface area contributed by atoms with Gasteiger partial charge in [0.15, 0.2) is 0 Å². The minimum atomic E-state index is -0.611. The number of benzene rings is 1. The molecule has 2 unspecified atom stereocenters. The second-order valence-electron chi connectivity index (χ2n) is 7.16. The van der Waals surface area contributed by atoms with Crippen LogP contribution in [0.4, 0.5) is 5.13 Å². The Morgan fingerprint density at radius 3 is 2.61 bits per heavy atom. The number of methoxy groups -OCH3 is 1. The van der Waals surface area contributed by atoms with Gasteiger partial charge in [-0.1, -0.05) is 57.6 Å². The number of carbonyl (C=O) groups excluding carboxylic acids is 2. The van der Waals surface area contributed by atoms with E-state index in [1.54, 1.807) is 7.11 Å². The molecule has 152 valence electrons. The summed E-state index contributed by atoms with van der Waals surface area (Å²) in [6, 6.07) is 6.88. The molecule has 2 aromatic rings. The third kappa shape index (κ3) is 6.02. The number of carbonyl (C=O) groups is 2. The molecule has 1 aromatic heterocycles. The van der Waals surface area contributed by atoms with E-state index in [1.165, 1.54) is 11.3 Å². The summed E-state index contributed by atoms with van der Waals surface area (Å²) in [6.07, 6.45) is 1.16. The van der Waals surface area contributed by atoms with E-state index >= 15 is 0 Å². The van der Waals surface area contributed by atoms with Crippen molar-refractivity contribution in [3.8, 4) is 16.3 Å². The van der Waals surface area contributed by atoms with Gasteiger partial charge in [-0.3, -0.25) is 14.9 Å². The molecule has 0 aliphatic carbocycles. The van der Waals surface area contributed by atoms with Gasteiger partial charge in [-0.25, -0.2) is 0 Å². The number of nitrogens with zero attached hydrogens (tertiary/aromatic N) is 2. The predicted molar refractivity (Wildman–Crippen MR) is 111 cm³/mol. The van der Waals surface area contributed by atoms with Crippen molar-refractivity contribution in [2.24, 2.45) is 11.8 Å². The molecule has 7 nitrogen and oxygen atoms in total. The maximum Gasteiger partial charge on any atom is 0.249 e. The van der Waals surface area contributed by atoms with E-state index in [0.29, 0.717) is 16.6 Å². The lowest BCUT2D eigenvalue weighted by molar-refractivity contribution is -0.128. The summed E-state index contributed by atoms with van der Waals surface area (Å²) in [7, 11) is 1.60. The number of hydrogen-bond donors (Lipinski definition) is 2. The van der Waals surface area contributed by atoms with E-state index in [4.69, 9.17) is 4.74 Å². The molecule has 0 spiro atoms. The monoisotopic (exact) mass is 404 g/mol. The van der Waals surface area contributed by atoms with E-state index in [9.17, 15) is 9.59 Å². The molecule has 0 aliphatic rings. The second kappa shape index (κ2) is 10.2. The van der Waals surface area contributed by atoms with Crippen LogP contribution in [-0.2, 0) is 9.59 Å². The molecule has 1 heterocycles. The molecule has 0 saturated heterocycles. The summed E-state index contributed by atoms with van der Waals surface area (Å²) >= 11 is 1.28. The average molecular weight is 405 g/mol. The Balaban J connectivity index is 2.10. The van der Waals surface area contributed by atoms with Gasteiger partial charge in [0.2, 0.25) is 16.9 Å². The van der Waals surface area contributed by atoms with Crippen LogP contribution in [0.3, 0.4) is 0 Å². The van der Waals surface area contributed by atoms with Gasteiger partial charge >= 0.3 is 0 Å². The molecule has 2 rings (SSSR count). The molecule has 0 radical (unpaired) electrons. The van der Waals surface area contributed by atoms with E-state index in [1.807, 2.05) is 52.0 Å². The van der Waals surface area contributed by atoms with Crippen LogP contribution in [0.2, 0.25) is 0 Å². The highest BCUT2D eigenvalue weighted by Crippen LogP contribution is 2.29. The van der Waals surface area contributed by atoms with Crippen LogP contribution in [0.25, 0.3) is 10.6 Å². The van der Waals surface area contributed by atoms with Gasteiger partial charge in [0.1, 0.15) is 16.8 Å². The van der Waals surface area contributed by atoms with Gasteiger partial charge in [0.05, 0.1) is 7.11 Å². The largest absolute Gasteiger partial charge is 0.497 e. The minimum absolute atomic E-state index is 0.00175. The molecule has 0 aliphatic heterocycles. The van der Waals surface area contributed by atoms with Crippen LogP contribution in [0.15, 0.2) is 24.3 Å². The first-order valence-electron chi connectivity index (χ1n) is 9.42. The molecule has 2 N–H and O–H groups in total. The number of aromatic nitrogens is 2. The van der Waals surface area contributed by atoms with Crippen molar-refractivity contribution in [3.63, 3.8) is 0 Å². The lowest BCUT2D eigenvalue weighted by atomic mass is 9.97. The maximum atomic E-state index is 12.8. The van der Waals surface area contributed by atoms with Crippen LogP contribution >= 0.6 is 11.3 Å². The van der Waals surface area contributed by atoms with Gasteiger partial charge in [0, 0.05) is 12.0 Å². The van der Waals surface area contributed by atoms with Gasteiger partial charge in [-0.2, -0.15) is 0 Å². The molecule has 0 fully saturated rings. The average Bonchev–Trinajstić information content (AvgIpc) is 3.13. The summed E-state index contributed by atoms with van der Waals surface area (Å²) in [4.78, 5) is 24.9. The zero-order valence-electron chi connectivity index (χ0n) is 17.0. The van der Waals surface area contributed by atoms with Crippen LogP contribution in [-0.4, -0.2) is 35.2 Å². The van der Waals surface area contributed by atoms with Crippen molar-refractivity contribution in [3.05, 3.63) is 24.3 Å². The Hall–Kier alpha value is -2.48. The van der Waals surface area contributed by atoms with Crippen molar-refractivity contribution in [2.45, 2.75) is 46.6 Å². The van der Waals surface area contributed by atoms with E-state index in [-0.39, 0.29) is 23.7 Å². The molecule has 2 amide bonds. The fourth-order valence-corrected chi connectivity index (χ4v) is 3.38. The Morgan fingerprint density at radius 1 is 1.21 bits per heavy atom. The summed E-state index contributed by atoms with van der Waals surface area (Å²) in [5.74, 6) is 0.559. The number of ether oxygens (including phenoxy) is 1. The van der Waals surface area contributed by atoms with Gasteiger partial charge < -0.3 is 10.1 Å².